The van der Waals surface area contributed by atoms with Gasteiger partial charge in [-0.25, -0.2) is 4.79 Å². The van der Waals surface area contributed by atoms with Gasteiger partial charge in [-0.3, -0.25) is 24.2 Å². The Morgan fingerprint density at radius 2 is 1.13 bits per heavy atom. The molecule has 4 atom stereocenters. The number of carbonyl (C=O) groups excluding carboxylic acids is 3. The lowest BCUT2D eigenvalue weighted by molar-refractivity contribution is -0.142. The summed E-state index contributed by atoms with van der Waals surface area (Å²) < 4.78 is 0. The zero-order valence-electron chi connectivity index (χ0n) is 21.6. The van der Waals surface area contributed by atoms with Gasteiger partial charge >= 0.3 is 11.9 Å². The lowest BCUT2D eigenvalue weighted by Gasteiger charge is -2.25. The fraction of sp³-hybridized carbons (Fsp3) is 0.727. The summed E-state index contributed by atoms with van der Waals surface area (Å²) in [7, 11) is 0. The van der Waals surface area contributed by atoms with E-state index in [2.05, 4.69) is 20.9 Å². The molecular formula is C22H43N9O7. The number of amides is 3. The Hall–Kier alpha value is -3.50. The van der Waals surface area contributed by atoms with Crippen LogP contribution in [0, 0.1) is 0 Å². The van der Waals surface area contributed by atoms with E-state index >= 15 is 0 Å². The van der Waals surface area contributed by atoms with Gasteiger partial charge in [0.05, 0.1) is 12.5 Å². The van der Waals surface area contributed by atoms with Crippen molar-refractivity contribution in [2.45, 2.75) is 82.0 Å². The Kier molecular flexibility index (Phi) is 17.8. The van der Waals surface area contributed by atoms with Crippen LogP contribution in [-0.4, -0.2) is 89.6 Å². The number of carbonyl (C=O) groups is 5. The number of nitrogens with two attached hydrogens (primary N) is 5. The van der Waals surface area contributed by atoms with E-state index in [1.165, 1.54) is 0 Å². The predicted molar refractivity (Wildman–Crippen MR) is 139 cm³/mol. The quantitative estimate of drug-likeness (QED) is 0.0384. The van der Waals surface area contributed by atoms with Crippen molar-refractivity contribution < 1.29 is 34.2 Å². The van der Waals surface area contributed by atoms with E-state index in [-0.39, 0.29) is 38.2 Å². The highest BCUT2D eigenvalue weighted by Crippen LogP contribution is 2.07. The van der Waals surface area contributed by atoms with Crippen LogP contribution in [0.5, 0.6) is 0 Å². The van der Waals surface area contributed by atoms with Crippen molar-refractivity contribution in [2.75, 3.05) is 19.6 Å². The summed E-state index contributed by atoms with van der Waals surface area (Å²) in [6, 6.07) is -4.89. The van der Waals surface area contributed by atoms with E-state index in [1.54, 1.807) is 0 Å². The maximum Gasteiger partial charge on any atom is 0.326 e. The molecule has 0 aromatic rings. The molecule has 0 spiro atoms. The van der Waals surface area contributed by atoms with E-state index in [0.29, 0.717) is 38.8 Å². The van der Waals surface area contributed by atoms with Crippen LogP contribution in [0.3, 0.4) is 0 Å². The summed E-state index contributed by atoms with van der Waals surface area (Å²) >= 11 is 0. The number of unbranched alkanes of at least 4 members (excludes halogenated alkanes) is 2. The smallest absolute Gasteiger partial charge is 0.326 e. The zero-order valence-corrected chi connectivity index (χ0v) is 21.6. The lowest BCUT2D eigenvalue weighted by Crippen LogP contribution is -2.57. The summed E-state index contributed by atoms with van der Waals surface area (Å²) in [5.41, 5.74) is 27.2. The van der Waals surface area contributed by atoms with E-state index in [4.69, 9.17) is 33.8 Å². The van der Waals surface area contributed by atoms with Crippen molar-refractivity contribution in [3.63, 3.8) is 0 Å². The molecule has 0 radical (unpaired) electrons. The molecule has 0 aliphatic carbocycles. The molecule has 0 saturated heterocycles. The molecule has 0 aromatic carbocycles. The molecule has 3 amide bonds. The molecule has 0 saturated carbocycles. The molecule has 4 unspecified atom stereocenters. The standard InChI is InChI=1S/C22H43N9O7/c23-9-3-1-6-14(29-18(34)13(25)12-17(32)33)19(35)30-15(8-5-11-28-22(26)27)20(36)31-16(21(37)38)7-2-4-10-24/h13-16H,1-12,23-25H2,(H,29,34)(H,30,35)(H,31,36)(H,32,33)(H,37,38)(H4,26,27,28). The van der Waals surface area contributed by atoms with Crippen LogP contribution in [0.4, 0.5) is 0 Å². The molecule has 0 rings (SSSR count). The fourth-order valence-corrected chi connectivity index (χ4v) is 3.39. The number of nitrogens with zero attached hydrogens (tertiary/aromatic N) is 1. The SMILES string of the molecule is NCCCCC(NC(=O)C(CCCN=C(N)N)NC(=O)C(CCCCN)NC(=O)C(N)CC(=O)O)C(=O)O. The highest BCUT2D eigenvalue weighted by Gasteiger charge is 2.30. The Balaban J connectivity index is 5.64. The second-order valence-electron chi connectivity index (χ2n) is 8.74. The van der Waals surface area contributed by atoms with Crippen LogP contribution in [0.1, 0.15) is 57.8 Å². The van der Waals surface area contributed by atoms with Crippen LogP contribution in [0.25, 0.3) is 0 Å². The second-order valence-corrected chi connectivity index (χ2v) is 8.74. The van der Waals surface area contributed by atoms with Crippen molar-refractivity contribution in [1.29, 1.82) is 0 Å². The van der Waals surface area contributed by atoms with Crippen molar-refractivity contribution >= 4 is 35.6 Å². The minimum atomic E-state index is -1.39. The Bertz CT molecular complexity index is 806. The van der Waals surface area contributed by atoms with E-state index in [1.807, 2.05) is 0 Å². The third-order valence-corrected chi connectivity index (χ3v) is 5.45. The number of nitrogens with one attached hydrogen (secondary N) is 3. The van der Waals surface area contributed by atoms with Gasteiger partial charge in [-0.1, -0.05) is 0 Å². The molecule has 0 bridgehead atoms. The van der Waals surface area contributed by atoms with Gasteiger partial charge in [-0.05, 0) is 64.5 Å². The summed E-state index contributed by atoms with van der Waals surface area (Å²) in [4.78, 5) is 64.8. The number of carboxylic acids is 2. The lowest BCUT2D eigenvalue weighted by atomic mass is 10.0. The van der Waals surface area contributed by atoms with Crippen molar-refractivity contribution in [1.82, 2.24) is 16.0 Å². The van der Waals surface area contributed by atoms with Gasteiger partial charge in [-0.15, -0.1) is 0 Å². The summed E-state index contributed by atoms with van der Waals surface area (Å²) in [6.45, 7) is 0.871. The van der Waals surface area contributed by atoms with Crippen LogP contribution < -0.4 is 44.6 Å². The van der Waals surface area contributed by atoms with Gasteiger partial charge in [0.2, 0.25) is 17.7 Å². The molecule has 0 heterocycles. The van der Waals surface area contributed by atoms with Gasteiger partial charge in [-0.2, -0.15) is 0 Å². The number of rotatable bonds is 21. The normalized spacial score (nSPS) is 13.9. The van der Waals surface area contributed by atoms with E-state index in [0.717, 1.165) is 0 Å². The zero-order chi connectivity index (χ0) is 29.1. The Morgan fingerprint density at radius 3 is 1.58 bits per heavy atom. The first-order chi connectivity index (χ1) is 17.9. The molecule has 38 heavy (non-hydrogen) atoms. The van der Waals surface area contributed by atoms with Gasteiger partial charge < -0.3 is 54.8 Å². The van der Waals surface area contributed by atoms with E-state index in [9.17, 15) is 29.1 Å². The molecule has 16 nitrogen and oxygen atoms in total. The van der Waals surface area contributed by atoms with Crippen LogP contribution in [0.15, 0.2) is 4.99 Å². The van der Waals surface area contributed by atoms with Crippen molar-refractivity contribution in [3.05, 3.63) is 0 Å². The highest BCUT2D eigenvalue weighted by atomic mass is 16.4. The van der Waals surface area contributed by atoms with Crippen molar-refractivity contribution in [2.24, 2.45) is 33.7 Å². The molecule has 0 fully saturated rings. The third-order valence-electron chi connectivity index (χ3n) is 5.45. The maximum atomic E-state index is 13.1. The number of aliphatic imine (C=N–C) groups is 1. The topological polar surface area (TPSA) is 304 Å². The fourth-order valence-electron chi connectivity index (χ4n) is 3.39. The van der Waals surface area contributed by atoms with Gasteiger partial charge in [0.1, 0.15) is 18.1 Å². The molecule has 0 aliphatic heterocycles. The second kappa shape index (κ2) is 19.6. The Labute approximate surface area is 221 Å². The minimum Gasteiger partial charge on any atom is -0.481 e. The number of hydrogen-bond donors (Lipinski definition) is 10. The first kappa shape index (κ1) is 34.5. The molecule has 0 aliphatic rings. The number of hydrogen-bond acceptors (Lipinski definition) is 9. The molecule has 218 valence electrons. The number of guanidine groups is 1. The first-order valence-electron chi connectivity index (χ1n) is 12.5. The van der Waals surface area contributed by atoms with E-state index < -0.39 is 60.2 Å². The number of carboxylic acid groups (broad SMARTS) is 2. The van der Waals surface area contributed by atoms with Gasteiger partial charge in [0.15, 0.2) is 5.96 Å². The summed E-state index contributed by atoms with van der Waals surface area (Å²) in [5.74, 6) is -4.98. The molecule has 0 aromatic heterocycles. The average Bonchev–Trinajstić information content (AvgIpc) is 2.83. The highest BCUT2D eigenvalue weighted by molar-refractivity contribution is 5.94. The predicted octanol–water partition coefficient (Wildman–Crippen LogP) is -3.36. The first-order valence-corrected chi connectivity index (χ1v) is 12.5. The van der Waals surface area contributed by atoms with Crippen LogP contribution >= 0.6 is 0 Å². The maximum absolute atomic E-state index is 13.1. The average molecular weight is 546 g/mol. The number of aliphatic carboxylic acids is 2. The van der Waals surface area contributed by atoms with Crippen LogP contribution in [0.2, 0.25) is 0 Å². The minimum absolute atomic E-state index is 0.0610. The van der Waals surface area contributed by atoms with Crippen molar-refractivity contribution in [3.8, 4) is 0 Å². The molecule has 16 heteroatoms. The molecular weight excluding hydrogens is 502 g/mol. The Morgan fingerprint density at radius 1 is 0.684 bits per heavy atom. The summed E-state index contributed by atoms with van der Waals surface area (Å²) in [5, 5.41) is 25.8. The molecule has 15 N–H and O–H groups in total. The third kappa shape index (κ3) is 15.6. The largest absolute Gasteiger partial charge is 0.481 e. The van der Waals surface area contributed by atoms with Gasteiger partial charge in [0, 0.05) is 6.54 Å². The summed E-state index contributed by atoms with van der Waals surface area (Å²) in [6.07, 6.45) is 2.03. The monoisotopic (exact) mass is 545 g/mol. The van der Waals surface area contributed by atoms with Gasteiger partial charge in [0.25, 0.3) is 0 Å². The van der Waals surface area contributed by atoms with Crippen LogP contribution in [-0.2, 0) is 24.0 Å².